The number of nitrogens with one attached hydrogen (secondary N) is 3. The van der Waals surface area contributed by atoms with Crippen LogP contribution in [-0.4, -0.2) is 11.0 Å². The van der Waals surface area contributed by atoms with E-state index in [1.807, 2.05) is 36.4 Å². The van der Waals surface area contributed by atoms with Crippen molar-refractivity contribution in [2.45, 2.75) is 0 Å². The maximum Gasteiger partial charge on any atom is 0.273 e. The normalized spacial score (nSPS) is 13.4. The van der Waals surface area contributed by atoms with Crippen LogP contribution in [0.25, 0.3) is 42.0 Å². The fraction of sp³-hybridized carbons (Fsp3) is 0. The van der Waals surface area contributed by atoms with Crippen molar-refractivity contribution >= 4 is 76.6 Å². The minimum atomic E-state index is -0.211. The smallest absolute Gasteiger partial charge is 0.273 e. The van der Waals surface area contributed by atoms with Gasteiger partial charge in [-0.3, -0.25) is 10.1 Å². The van der Waals surface area contributed by atoms with E-state index in [4.69, 9.17) is 12.2 Å². The van der Waals surface area contributed by atoms with Crippen molar-refractivity contribution in [1.82, 2.24) is 10.6 Å². The zero-order chi connectivity index (χ0) is 34.8. The summed E-state index contributed by atoms with van der Waals surface area (Å²) in [5.74, 6) is -0.211. The molecule has 0 saturated carbocycles. The van der Waals surface area contributed by atoms with Crippen LogP contribution < -0.4 is 16.0 Å². The van der Waals surface area contributed by atoms with E-state index in [-0.39, 0.29) is 5.91 Å². The van der Waals surface area contributed by atoms with Gasteiger partial charge < -0.3 is 10.6 Å². The fourth-order valence-electron chi connectivity index (χ4n) is 5.70. The van der Waals surface area contributed by atoms with Crippen LogP contribution in [0.3, 0.4) is 0 Å². The van der Waals surface area contributed by atoms with Gasteiger partial charge in [-0.05, 0) is 98.7 Å². The van der Waals surface area contributed by atoms with Gasteiger partial charge in [0, 0.05) is 11.4 Å². The second-order valence-corrected chi connectivity index (χ2v) is 12.5. The summed E-state index contributed by atoms with van der Waals surface area (Å²) < 4.78 is 0. The van der Waals surface area contributed by atoms with Crippen LogP contribution in [0.2, 0.25) is 0 Å². The fourth-order valence-corrected chi connectivity index (χ4v) is 5.90. The lowest BCUT2D eigenvalue weighted by Crippen LogP contribution is -2.21. The topological polar surface area (TPSA) is 53.2 Å². The number of rotatable bonds is 10. The minimum absolute atomic E-state index is 0.211. The van der Waals surface area contributed by atoms with Gasteiger partial charge in [-0.1, -0.05) is 158 Å². The number of carbonyl (C=O) groups is 1. The molecule has 1 saturated heterocycles. The molecule has 0 aliphatic carbocycles. The van der Waals surface area contributed by atoms with Crippen molar-refractivity contribution in [3.63, 3.8) is 0 Å². The molecule has 1 heterocycles. The van der Waals surface area contributed by atoms with Crippen LogP contribution in [-0.2, 0) is 4.79 Å². The van der Waals surface area contributed by atoms with Gasteiger partial charge in [0.05, 0.1) is 0 Å². The maximum atomic E-state index is 11.9. The quantitative estimate of drug-likeness (QED) is 0.0767. The van der Waals surface area contributed by atoms with Crippen molar-refractivity contribution in [2.75, 3.05) is 5.32 Å². The average molecular weight is 678 g/mol. The lowest BCUT2D eigenvalue weighted by molar-refractivity contribution is -0.115. The number of benzene rings is 6. The zero-order valence-corrected chi connectivity index (χ0v) is 28.6. The molecule has 7 rings (SSSR count). The van der Waals surface area contributed by atoms with Crippen LogP contribution in [0.15, 0.2) is 163 Å². The molecular formula is C46H35N3OS. The minimum Gasteiger partial charge on any atom is -0.356 e. The summed E-state index contributed by atoms with van der Waals surface area (Å²) in [5.41, 5.74) is 12.6. The molecule has 0 aromatic heterocycles. The van der Waals surface area contributed by atoms with Crippen LogP contribution in [0, 0.1) is 0 Å². The van der Waals surface area contributed by atoms with E-state index >= 15 is 0 Å². The maximum absolute atomic E-state index is 11.9. The van der Waals surface area contributed by atoms with E-state index in [0.29, 0.717) is 10.8 Å². The van der Waals surface area contributed by atoms with Gasteiger partial charge in [-0.2, -0.15) is 0 Å². The zero-order valence-electron chi connectivity index (χ0n) is 27.8. The lowest BCUT2D eigenvalue weighted by atomic mass is 9.96. The van der Waals surface area contributed by atoms with Crippen molar-refractivity contribution in [2.24, 2.45) is 0 Å². The summed E-state index contributed by atoms with van der Waals surface area (Å²) in [6.07, 6.45) is 12.4. The Morgan fingerprint density at radius 1 is 0.471 bits per heavy atom. The molecule has 4 nitrogen and oxygen atoms in total. The molecule has 5 heteroatoms. The summed E-state index contributed by atoms with van der Waals surface area (Å²) >= 11 is 4.99. The van der Waals surface area contributed by atoms with Gasteiger partial charge in [0.15, 0.2) is 5.11 Å². The Balaban J connectivity index is 0.933. The van der Waals surface area contributed by atoms with Gasteiger partial charge in [0.2, 0.25) is 0 Å². The molecule has 246 valence electrons. The molecule has 1 fully saturated rings. The standard InChI is InChI=1S/C46H35N3OS/c50-45-44(48-46(51)49-45)32-38-21-19-35(20-22-38)16-15-33-11-13-34(14-12-33)17-18-36-23-27-41(28-24-36)47-42-29-25-37(26-30-42)31-43(39-7-3-1-4-8-39)40-9-5-2-6-10-40/h1-32,47H,(H2,48,49,50,51)/b16-15+,18-17+,44-32-. The molecule has 6 aromatic carbocycles. The molecule has 51 heavy (non-hydrogen) atoms. The van der Waals surface area contributed by atoms with Crippen molar-refractivity contribution in [3.8, 4) is 0 Å². The first-order valence-corrected chi connectivity index (χ1v) is 17.1. The Labute approximate surface area is 304 Å². The molecule has 0 radical (unpaired) electrons. The molecule has 1 amide bonds. The predicted octanol–water partition coefficient (Wildman–Crippen LogP) is 10.7. The van der Waals surface area contributed by atoms with Gasteiger partial charge in [-0.15, -0.1) is 0 Å². The van der Waals surface area contributed by atoms with Crippen LogP contribution in [0.5, 0.6) is 0 Å². The number of amides is 1. The predicted molar refractivity (Wildman–Crippen MR) is 219 cm³/mol. The summed E-state index contributed by atoms with van der Waals surface area (Å²) in [6, 6.07) is 54.5. The monoisotopic (exact) mass is 677 g/mol. The first kappa shape index (κ1) is 33.0. The summed E-state index contributed by atoms with van der Waals surface area (Å²) in [6.45, 7) is 0. The highest BCUT2D eigenvalue weighted by atomic mass is 32.1. The van der Waals surface area contributed by atoms with E-state index in [1.165, 1.54) is 16.7 Å². The van der Waals surface area contributed by atoms with Gasteiger partial charge in [0.25, 0.3) is 5.91 Å². The van der Waals surface area contributed by atoms with E-state index in [1.54, 1.807) is 6.08 Å². The number of carbonyl (C=O) groups excluding carboxylic acids is 1. The van der Waals surface area contributed by atoms with Gasteiger partial charge in [-0.25, -0.2) is 0 Å². The Kier molecular flexibility index (Phi) is 10.2. The Morgan fingerprint density at radius 2 is 0.863 bits per heavy atom. The summed E-state index contributed by atoms with van der Waals surface area (Å²) in [5, 5.41) is 9.30. The molecule has 0 spiro atoms. The molecule has 1 aliphatic heterocycles. The van der Waals surface area contributed by atoms with Crippen molar-refractivity contribution in [3.05, 3.63) is 208 Å². The first-order valence-electron chi connectivity index (χ1n) is 16.7. The summed E-state index contributed by atoms with van der Waals surface area (Å²) in [7, 11) is 0. The molecule has 0 bridgehead atoms. The second kappa shape index (κ2) is 15.8. The second-order valence-electron chi connectivity index (χ2n) is 12.1. The van der Waals surface area contributed by atoms with Crippen molar-refractivity contribution < 1.29 is 4.79 Å². The third-order valence-electron chi connectivity index (χ3n) is 8.43. The molecular weight excluding hydrogens is 643 g/mol. The number of thiocarbonyl (C=S) groups is 1. The summed E-state index contributed by atoms with van der Waals surface area (Å²) in [4.78, 5) is 11.9. The highest BCUT2D eigenvalue weighted by Crippen LogP contribution is 2.27. The van der Waals surface area contributed by atoms with E-state index in [0.717, 1.165) is 44.8 Å². The Hall–Kier alpha value is -6.56. The number of hydrogen-bond acceptors (Lipinski definition) is 3. The average Bonchev–Trinajstić information content (AvgIpc) is 3.50. The van der Waals surface area contributed by atoms with E-state index in [2.05, 4.69) is 168 Å². The molecule has 6 aromatic rings. The van der Waals surface area contributed by atoms with Gasteiger partial charge >= 0.3 is 0 Å². The number of hydrogen-bond donors (Lipinski definition) is 3. The molecule has 3 N–H and O–H groups in total. The first-order chi connectivity index (χ1) is 25.0. The van der Waals surface area contributed by atoms with Crippen LogP contribution >= 0.6 is 12.2 Å². The van der Waals surface area contributed by atoms with E-state index in [9.17, 15) is 4.79 Å². The third-order valence-corrected chi connectivity index (χ3v) is 8.64. The molecule has 0 unspecified atom stereocenters. The SMILES string of the molecule is O=C1NC(=S)N/C1=C\c1ccc(/C=C/c2ccc(/C=C/c3ccc(Nc4ccc(C=C(c5ccccc5)c5ccccc5)cc4)cc3)cc2)cc1. The number of anilines is 2. The molecule has 1 aliphatic rings. The van der Waals surface area contributed by atoms with Gasteiger partial charge in [0.1, 0.15) is 5.70 Å². The largest absolute Gasteiger partial charge is 0.356 e. The van der Waals surface area contributed by atoms with Crippen LogP contribution in [0.1, 0.15) is 44.5 Å². The lowest BCUT2D eigenvalue weighted by Gasteiger charge is -2.10. The van der Waals surface area contributed by atoms with Crippen molar-refractivity contribution in [1.29, 1.82) is 0 Å². The highest BCUT2D eigenvalue weighted by Gasteiger charge is 2.19. The van der Waals surface area contributed by atoms with Crippen LogP contribution in [0.4, 0.5) is 11.4 Å². The Morgan fingerprint density at radius 3 is 1.27 bits per heavy atom. The third kappa shape index (κ3) is 8.92. The Bertz CT molecular complexity index is 2210. The molecule has 0 atom stereocenters. The highest BCUT2D eigenvalue weighted by molar-refractivity contribution is 7.80. The van der Waals surface area contributed by atoms with E-state index < -0.39 is 0 Å².